The van der Waals surface area contributed by atoms with E-state index in [2.05, 4.69) is 5.32 Å². The molecular formula is C23H29N3O6. The van der Waals surface area contributed by atoms with E-state index >= 15 is 0 Å². The van der Waals surface area contributed by atoms with E-state index in [0.717, 1.165) is 0 Å². The van der Waals surface area contributed by atoms with Crippen LogP contribution in [0.2, 0.25) is 0 Å². The molecule has 2 aliphatic heterocycles. The smallest absolute Gasteiger partial charge is 0.292 e. The average molecular weight is 444 g/mol. The van der Waals surface area contributed by atoms with Gasteiger partial charge in [-0.05, 0) is 30.2 Å². The van der Waals surface area contributed by atoms with Crippen LogP contribution >= 0.6 is 0 Å². The third-order valence-corrected chi connectivity index (χ3v) is 6.01. The number of nitrogens with zero attached hydrogens (tertiary/aromatic N) is 2. The van der Waals surface area contributed by atoms with Gasteiger partial charge in [-0.25, -0.2) is 0 Å². The molecule has 2 saturated heterocycles. The van der Waals surface area contributed by atoms with Crippen molar-refractivity contribution in [3.8, 4) is 0 Å². The molecule has 4 heterocycles. The van der Waals surface area contributed by atoms with Crippen molar-refractivity contribution < 1.29 is 28.0 Å². The predicted molar refractivity (Wildman–Crippen MR) is 113 cm³/mol. The largest absolute Gasteiger partial charge is 0.467 e. The van der Waals surface area contributed by atoms with Crippen LogP contribution in [-0.4, -0.2) is 59.0 Å². The molecule has 2 fully saturated rings. The molecule has 9 heteroatoms. The third kappa shape index (κ3) is 4.43. The zero-order valence-electron chi connectivity index (χ0n) is 18.4. The van der Waals surface area contributed by atoms with Crippen LogP contribution in [0.5, 0.6) is 0 Å². The topological polar surface area (TPSA) is 105 Å². The predicted octanol–water partition coefficient (Wildman–Crippen LogP) is 2.39. The molecule has 3 amide bonds. The first-order valence-electron chi connectivity index (χ1n) is 11.0. The van der Waals surface area contributed by atoms with Crippen LogP contribution < -0.4 is 5.32 Å². The molecule has 0 bridgehead atoms. The minimum absolute atomic E-state index is 0.0797. The first-order valence-corrected chi connectivity index (χ1v) is 11.0. The van der Waals surface area contributed by atoms with Crippen LogP contribution in [0.1, 0.15) is 49.4 Å². The second kappa shape index (κ2) is 9.20. The molecule has 1 atom stereocenters. The number of nitrogens with one attached hydrogen (secondary N) is 1. The van der Waals surface area contributed by atoms with Gasteiger partial charge < -0.3 is 23.8 Å². The molecule has 1 spiro atoms. The van der Waals surface area contributed by atoms with Gasteiger partial charge in [0.15, 0.2) is 5.76 Å². The van der Waals surface area contributed by atoms with E-state index in [1.807, 2.05) is 18.7 Å². The van der Waals surface area contributed by atoms with Gasteiger partial charge in [-0.2, -0.15) is 0 Å². The molecule has 0 saturated carbocycles. The van der Waals surface area contributed by atoms with Crippen molar-refractivity contribution in [2.24, 2.45) is 5.92 Å². The highest BCUT2D eigenvalue weighted by Gasteiger charge is 2.54. The number of furan rings is 2. The molecule has 0 radical (unpaired) electrons. The van der Waals surface area contributed by atoms with Gasteiger partial charge in [-0.3, -0.25) is 19.3 Å². The third-order valence-electron chi connectivity index (χ3n) is 6.01. The van der Waals surface area contributed by atoms with E-state index in [-0.39, 0.29) is 36.6 Å². The summed E-state index contributed by atoms with van der Waals surface area (Å²) in [6, 6.07) is 5.92. The van der Waals surface area contributed by atoms with Gasteiger partial charge in [-0.1, -0.05) is 13.8 Å². The molecule has 4 rings (SSSR count). The van der Waals surface area contributed by atoms with Crippen molar-refractivity contribution in [1.82, 2.24) is 15.1 Å². The SMILES string of the molecule is CC(C)CC(=O)N1CCC2(CC1)OCC(C(=O)NCc1ccco1)N2C(=O)c1ccco1. The number of carbonyl (C=O) groups is 3. The quantitative estimate of drug-likeness (QED) is 0.735. The Labute approximate surface area is 186 Å². The lowest BCUT2D eigenvalue weighted by Crippen LogP contribution is -2.59. The van der Waals surface area contributed by atoms with E-state index < -0.39 is 17.7 Å². The highest BCUT2D eigenvalue weighted by molar-refractivity contribution is 5.96. The highest BCUT2D eigenvalue weighted by atomic mass is 16.5. The molecule has 0 aromatic carbocycles. The molecule has 0 aliphatic carbocycles. The van der Waals surface area contributed by atoms with Crippen molar-refractivity contribution in [3.05, 3.63) is 48.3 Å². The number of piperidine rings is 1. The van der Waals surface area contributed by atoms with E-state index in [4.69, 9.17) is 13.6 Å². The Morgan fingerprint density at radius 3 is 2.47 bits per heavy atom. The van der Waals surface area contributed by atoms with E-state index in [1.54, 1.807) is 24.3 Å². The summed E-state index contributed by atoms with van der Waals surface area (Å²) in [5.41, 5.74) is -0.953. The number of ether oxygens (including phenoxy) is 1. The number of hydrogen-bond acceptors (Lipinski definition) is 6. The minimum Gasteiger partial charge on any atom is -0.467 e. The van der Waals surface area contributed by atoms with Gasteiger partial charge >= 0.3 is 0 Å². The molecule has 9 nitrogen and oxygen atoms in total. The lowest BCUT2D eigenvalue weighted by atomic mass is 9.96. The number of carbonyl (C=O) groups excluding carboxylic acids is 3. The fraction of sp³-hybridized carbons (Fsp3) is 0.522. The number of likely N-dealkylation sites (tertiary alicyclic amines) is 1. The highest BCUT2D eigenvalue weighted by Crippen LogP contribution is 2.38. The molecule has 2 aliphatic rings. The zero-order valence-corrected chi connectivity index (χ0v) is 18.4. The van der Waals surface area contributed by atoms with Crippen LogP contribution in [0, 0.1) is 5.92 Å². The second-order valence-corrected chi connectivity index (χ2v) is 8.70. The summed E-state index contributed by atoms with van der Waals surface area (Å²) in [6.45, 7) is 5.26. The molecule has 32 heavy (non-hydrogen) atoms. The fourth-order valence-electron chi connectivity index (χ4n) is 4.37. The molecule has 2 aromatic heterocycles. The first-order chi connectivity index (χ1) is 15.4. The van der Waals surface area contributed by atoms with Gasteiger partial charge in [0.2, 0.25) is 11.8 Å². The van der Waals surface area contributed by atoms with Crippen molar-refractivity contribution in [2.45, 2.75) is 51.4 Å². The maximum atomic E-state index is 13.4. The molecule has 1 N–H and O–H groups in total. The molecular weight excluding hydrogens is 414 g/mol. The van der Waals surface area contributed by atoms with Crippen LogP contribution in [0.15, 0.2) is 45.6 Å². The summed E-state index contributed by atoms with van der Waals surface area (Å²) in [7, 11) is 0. The Morgan fingerprint density at radius 1 is 1.12 bits per heavy atom. The standard InChI is InChI=1S/C23H29N3O6/c1-16(2)13-20(27)25-9-7-23(8-10-25)26(22(29)19-6-4-12-31-19)18(15-32-23)21(28)24-14-17-5-3-11-30-17/h3-6,11-12,16,18H,7-10,13-15H2,1-2H3,(H,24,28). The van der Waals surface area contributed by atoms with Crippen LogP contribution in [0.25, 0.3) is 0 Å². The summed E-state index contributed by atoms with van der Waals surface area (Å²) >= 11 is 0. The Hall–Kier alpha value is -3.07. The Balaban J connectivity index is 1.51. The number of amides is 3. The summed E-state index contributed by atoms with van der Waals surface area (Å²) in [6.07, 6.45) is 4.32. The average Bonchev–Trinajstić information content (AvgIpc) is 3.53. The van der Waals surface area contributed by atoms with Gasteiger partial charge in [0.1, 0.15) is 17.5 Å². The van der Waals surface area contributed by atoms with Crippen molar-refractivity contribution in [2.75, 3.05) is 19.7 Å². The fourth-order valence-corrected chi connectivity index (χ4v) is 4.37. The maximum absolute atomic E-state index is 13.4. The van der Waals surface area contributed by atoms with E-state index in [0.29, 0.717) is 38.1 Å². The summed E-state index contributed by atoms with van der Waals surface area (Å²) < 4.78 is 16.7. The normalized spacial score (nSPS) is 20.2. The lowest BCUT2D eigenvalue weighted by molar-refractivity contribution is -0.144. The van der Waals surface area contributed by atoms with E-state index in [9.17, 15) is 14.4 Å². The Kier molecular flexibility index (Phi) is 6.36. The zero-order chi connectivity index (χ0) is 22.7. The first kappa shape index (κ1) is 22.1. The Morgan fingerprint density at radius 2 is 1.84 bits per heavy atom. The van der Waals surface area contributed by atoms with Gasteiger partial charge in [0, 0.05) is 32.4 Å². The van der Waals surface area contributed by atoms with Crippen LogP contribution in [-0.2, 0) is 20.9 Å². The summed E-state index contributed by atoms with van der Waals surface area (Å²) in [4.78, 5) is 42.2. The Bertz CT molecular complexity index is 929. The number of hydrogen-bond donors (Lipinski definition) is 1. The maximum Gasteiger partial charge on any atom is 0.292 e. The molecule has 172 valence electrons. The van der Waals surface area contributed by atoms with E-state index in [1.165, 1.54) is 17.4 Å². The van der Waals surface area contributed by atoms with Crippen molar-refractivity contribution >= 4 is 17.7 Å². The van der Waals surface area contributed by atoms with Crippen molar-refractivity contribution in [1.29, 1.82) is 0 Å². The van der Waals surface area contributed by atoms with Crippen LogP contribution in [0.3, 0.4) is 0 Å². The van der Waals surface area contributed by atoms with Gasteiger partial charge in [0.05, 0.1) is 25.7 Å². The van der Waals surface area contributed by atoms with Gasteiger partial charge in [-0.15, -0.1) is 0 Å². The molecule has 2 aromatic rings. The van der Waals surface area contributed by atoms with Crippen molar-refractivity contribution in [3.63, 3.8) is 0 Å². The lowest BCUT2D eigenvalue weighted by Gasteiger charge is -2.44. The monoisotopic (exact) mass is 443 g/mol. The summed E-state index contributed by atoms with van der Waals surface area (Å²) in [5.74, 6) is 0.430. The minimum atomic E-state index is -0.953. The molecule has 1 unspecified atom stereocenters. The van der Waals surface area contributed by atoms with Gasteiger partial charge in [0.25, 0.3) is 5.91 Å². The summed E-state index contributed by atoms with van der Waals surface area (Å²) in [5, 5.41) is 2.83. The van der Waals surface area contributed by atoms with Crippen LogP contribution in [0.4, 0.5) is 0 Å². The second-order valence-electron chi connectivity index (χ2n) is 8.70. The number of rotatable bonds is 6.